The number of thiophene rings is 1. The fourth-order valence-electron chi connectivity index (χ4n) is 0.661. The van der Waals surface area contributed by atoms with Gasteiger partial charge in [0.25, 0.3) is 0 Å². The van der Waals surface area contributed by atoms with Gasteiger partial charge in [-0.25, -0.2) is 0 Å². The van der Waals surface area contributed by atoms with Crippen LogP contribution in [0.25, 0.3) is 0 Å². The van der Waals surface area contributed by atoms with Gasteiger partial charge >= 0.3 is 0 Å². The summed E-state index contributed by atoms with van der Waals surface area (Å²) in [6, 6.07) is 4.23. The van der Waals surface area contributed by atoms with E-state index in [-0.39, 0.29) is 24.0 Å². The SMILES string of the molecule is CCNCc1cccs1.I. The summed E-state index contributed by atoms with van der Waals surface area (Å²) in [5.41, 5.74) is 0. The van der Waals surface area contributed by atoms with Crippen molar-refractivity contribution in [1.29, 1.82) is 0 Å². The van der Waals surface area contributed by atoms with Crippen LogP contribution >= 0.6 is 35.3 Å². The number of nitrogens with one attached hydrogen (secondary N) is 1. The third kappa shape index (κ3) is 3.53. The fraction of sp³-hybridized carbons (Fsp3) is 0.429. The quantitative estimate of drug-likeness (QED) is 0.831. The Hall–Kier alpha value is 0.390. The Labute approximate surface area is 82.9 Å². The summed E-state index contributed by atoms with van der Waals surface area (Å²) in [4.78, 5) is 1.41. The molecular formula is C7H12INS. The van der Waals surface area contributed by atoms with E-state index in [2.05, 4.69) is 29.8 Å². The average molecular weight is 269 g/mol. The zero-order chi connectivity index (χ0) is 6.53. The Kier molecular flexibility index (Phi) is 6.36. The normalized spacial score (nSPS) is 8.90. The average Bonchev–Trinajstić information content (AvgIpc) is 2.34. The Bertz CT molecular complexity index is 151. The molecule has 0 aliphatic rings. The maximum atomic E-state index is 3.26. The first-order valence-corrected chi connectivity index (χ1v) is 4.04. The van der Waals surface area contributed by atoms with Crippen LogP contribution in [0.1, 0.15) is 11.8 Å². The van der Waals surface area contributed by atoms with E-state index in [9.17, 15) is 0 Å². The van der Waals surface area contributed by atoms with Crippen LogP contribution in [0.15, 0.2) is 17.5 Å². The highest BCUT2D eigenvalue weighted by atomic mass is 127. The maximum Gasteiger partial charge on any atom is 0.0299 e. The van der Waals surface area contributed by atoms with Gasteiger partial charge in [0.1, 0.15) is 0 Å². The summed E-state index contributed by atoms with van der Waals surface area (Å²) >= 11 is 1.80. The largest absolute Gasteiger partial charge is 0.312 e. The molecule has 0 saturated carbocycles. The van der Waals surface area contributed by atoms with Crippen LogP contribution in [0.5, 0.6) is 0 Å². The minimum absolute atomic E-state index is 0. The first kappa shape index (κ1) is 10.4. The number of rotatable bonds is 3. The van der Waals surface area contributed by atoms with E-state index < -0.39 is 0 Å². The zero-order valence-corrected chi connectivity index (χ0v) is 9.11. The Morgan fingerprint density at radius 2 is 2.40 bits per heavy atom. The molecule has 0 unspecified atom stereocenters. The Balaban J connectivity index is 0.000000810. The Morgan fingerprint density at radius 1 is 1.60 bits per heavy atom. The molecule has 0 radical (unpaired) electrons. The molecule has 0 aliphatic carbocycles. The van der Waals surface area contributed by atoms with Crippen LogP contribution in [0.2, 0.25) is 0 Å². The van der Waals surface area contributed by atoms with Crippen molar-refractivity contribution in [3.05, 3.63) is 22.4 Å². The van der Waals surface area contributed by atoms with Crippen molar-refractivity contribution in [3.63, 3.8) is 0 Å². The monoisotopic (exact) mass is 269 g/mol. The van der Waals surface area contributed by atoms with Gasteiger partial charge in [0, 0.05) is 11.4 Å². The lowest BCUT2D eigenvalue weighted by atomic mass is 10.4. The molecule has 1 heterocycles. The number of hydrogen-bond acceptors (Lipinski definition) is 2. The predicted octanol–water partition coefficient (Wildman–Crippen LogP) is 2.48. The second kappa shape index (κ2) is 6.12. The van der Waals surface area contributed by atoms with Gasteiger partial charge in [-0.05, 0) is 18.0 Å². The molecule has 0 saturated heterocycles. The van der Waals surface area contributed by atoms with Crippen molar-refractivity contribution >= 4 is 35.3 Å². The van der Waals surface area contributed by atoms with Crippen LogP contribution in [0, 0.1) is 0 Å². The predicted molar refractivity (Wildman–Crippen MR) is 57.1 cm³/mol. The van der Waals surface area contributed by atoms with Gasteiger partial charge in [0.15, 0.2) is 0 Å². The standard InChI is InChI=1S/C7H11NS.HI/c1-2-8-6-7-4-3-5-9-7;/h3-5,8H,2,6H2,1H3;1H. The van der Waals surface area contributed by atoms with Crippen LogP contribution in [-0.4, -0.2) is 6.54 Å². The molecule has 3 heteroatoms. The molecule has 1 N–H and O–H groups in total. The highest BCUT2D eigenvalue weighted by molar-refractivity contribution is 14.0. The van der Waals surface area contributed by atoms with E-state index in [1.807, 2.05) is 0 Å². The molecule has 1 aromatic heterocycles. The number of hydrogen-bond donors (Lipinski definition) is 1. The van der Waals surface area contributed by atoms with Crippen molar-refractivity contribution in [2.45, 2.75) is 13.5 Å². The summed E-state index contributed by atoms with van der Waals surface area (Å²) < 4.78 is 0. The topological polar surface area (TPSA) is 12.0 Å². The molecule has 10 heavy (non-hydrogen) atoms. The molecule has 1 aromatic rings. The lowest BCUT2D eigenvalue weighted by Gasteiger charge is -1.94. The molecule has 0 aliphatic heterocycles. The van der Waals surface area contributed by atoms with Crippen LogP contribution in [-0.2, 0) is 6.54 Å². The molecule has 1 nitrogen and oxygen atoms in total. The summed E-state index contributed by atoms with van der Waals surface area (Å²) in [6.07, 6.45) is 0. The van der Waals surface area contributed by atoms with E-state index in [0.717, 1.165) is 13.1 Å². The lowest BCUT2D eigenvalue weighted by Crippen LogP contribution is -2.10. The molecule has 58 valence electrons. The molecule has 1 rings (SSSR count). The first-order chi connectivity index (χ1) is 4.43. The second-order valence-electron chi connectivity index (χ2n) is 1.86. The van der Waals surface area contributed by atoms with Gasteiger partial charge in [0.2, 0.25) is 0 Å². The van der Waals surface area contributed by atoms with Crippen molar-refractivity contribution in [3.8, 4) is 0 Å². The third-order valence-electron chi connectivity index (χ3n) is 1.13. The number of halogens is 1. The van der Waals surface area contributed by atoms with Crippen LogP contribution in [0.3, 0.4) is 0 Å². The molecule has 0 amide bonds. The van der Waals surface area contributed by atoms with Gasteiger partial charge in [-0.2, -0.15) is 0 Å². The minimum atomic E-state index is 0. The molecule has 0 atom stereocenters. The molecular weight excluding hydrogens is 257 g/mol. The van der Waals surface area contributed by atoms with Gasteiger partial charge < -0.3 is 5.32 Å². The molecule has 0 spiro atoms. The van der Waals surface area contributed by atoms with Crippen LogP contribution < -0.4 is 5.32 Å². The summed E-state index contributed by atoms with van der Waals surface area (Å²) in [7, 11) is 0. The lowest BCUT2D eigenvalue weighted by molar-refractivity contribution is 0.735. The van der Waals surface area contributed by atoms with E-state index in [4.69, 9.17) is 0 Å². The summed E-state index contributed by atoms with van der Waals surface area (Å²) in [5, 5.41) is 5.36. The van der Waals surface area contributed by atoms with Gasteiger partial charge in [-0.3, -0.25) is 0 Å². The van der Waals surface area contributed by atoms with Crippen LogP contribution in [0.4, 0.5) is 0 Å². The van der Waals surface area contributed by atoms with Gasteiger partial charge in [-0.15, -0.1) is 35.3 Å². The van der Waals surface area contributed by atoms with E-state index in [1.165, 1.54) is 4.88 Å². The van der Waals surface area contributed by atoms with E-state index >= 15 is 0 Å². The summed E-state index contributed by atoms with van der Waals surface area (Å²) in [6.45, 7) is 4.19. The fourth-order valence-corrected chi connectivity index (χ4v) is 1.34. The van der Waals surface area contributed by atoms with Gasteiger partial charge in [-0.1, -0.05) is 13.0 Å². The van der Waals surface area contributed by atoms with E-state index in [1.54, 1.807) is 11.3 Å². The maximum absolute atomic E-state index is 3.26. The van der Waals surface area contributed by atoms with Crippen molar-refractivity contribution in [2.24, 2.45) is 0 Å². The second-order valence-corrected chi connectivity index (χ2v) is 2.89. The minimum Gasteiger partial charge on any atom is -0.312 e. The Morgan fingerprint density at radius 3 is 2.90 bits per heavy atom. The summed E-state index contributed by atoms with van der Waals surface area (Å²) in [5.74, 6) is 0. The van der Waals surface area contributed by atoms with E-state index in [0.29, 0.717) is 0 Å². The van der Waals surface area contributed by atoms with Gasteiger partial charge in [0.05, 0.1) is 0 Å². The third-order valence-corrected chi connectivity index (χ3v) is 2.01. The zero-order valence-electron chi connectivity index (χ0n) is 5.96. The molecule has 0 fully saturated rings. The molecule has 0 bridgehead atoms. The van der Waals surface area contributed by atoms with Crippen molar-refractivity contribution < 1.29 is 0 Å². The molecule has 0 aromatic carbocycles. The highest BCUT2D eigenvalue weighted by Gasteiger charge is 1.88. The highest BCUT2D eigenvalue weighted by Crippen LogP contribution is 2.06. The van der Waals surface area contributed by atoms with Crippen molar-refractivity contribution in [1.82, 2.24) is 5.32 Å². The first-order valence-electron chi connectivity index (χ1n) is 3.16. The smallest absolute Gasteiger partial charge is 0.0299 e. The van der Waals surface area contributed by atoms with Crippen molar-refractivity contribution in [2.75, 3.05) is 6.54 Å².